The molecule has 2 nitrogen and oxygen atoms in total. The molecule has 1 heterocycles. The number of allylic oxidation sites excluding steroid dienone is 10. The van der Waals surface area contributed by atoms with Crippen LogP contribution in [0, 0.1) is 5.92 Å². The molecule has 5 aromatic carbocycles. The predicted molar refractivity (Wildman–Crippen MR) is 198 cm³/mol. The minimum atomic E-state index is 0.554. The number of anilines is 3. The van der Waals surface area contributed by atoms with Gasteiger partial charge in [-0.15, -0.1) is 11.3 Å². The lowest BCUT2D eigenvalue weighted by Crippen LogP contribution is -2.11. The Morgan fingerprint density at radius 1 is 0.696 bits per heavy atom. The fraction of sp³-hybridized carbons (Fsp3) is 0.140. The van der Waals surface area contributed by atoms with Crippen molar-refractivity contribution >= 4 is 71.3 Å². The molecule has 0 bridgehead atoms. The molecule has 0 saturated heterocycles. The summed E-state index contributed by atoms with van der Waals surface area (Å²) in [5, 5.41) is 6.05. The average molecular weight is 611 g/mol. The third-order valence-electron chi connectivity index (χ3n) is 9.78. The van der Waals surface area contributed by atoms with Crippen LogP contribution in [0.25, 0.3) is 42.9 Å². The van der Waals surface area contributed by atoms with E-state index in [0.29, 0.717) is 5.92 Å². The Bertz CT molecular complexity index is 2280. The lowest BCUT2D eigenvalue weighted by molar-refractivity contribution is 0.616. The maximum atomic E-state index is 5.17. The van der Waals surface area contributed by atoms with E-state index in [4.69, 9.17) is 4.98 Å². The van der Waals surface area contributed by atoms with Crippen molar-refractivity contribution in [2.24, 2.45) is 5.92 Å². The summed E-state index contributed by atoms with van der Waals surface area (Å²) < 4.78 is 1.24. The van der Waals surface area contributed by atoms with Gasteiger partial charge in [0.05, 0.1) is 15.9 Å². The number of fused-ring (bicyclic) bond motifs is 6. The van der Waals surface area contributed by atoms with Crippen molar-refractivity contribution in [2.45, 2.75) is 32.1 Å². The van der Waals surface area contributed by atoms with Gasteiger partial charge in [0.2, 0.25) is 0 Å². The van der Waals surface area contributed by atoms with E-state index in [9.17, 15) is 0 Å². The zero-order valence-electron chi connectivity index (χ0n) is 25.7. The number of hydrogen-bond acceptors (Lipinski definition) is 3. The van der Waals surface area contributed by atoms with Crippen LogP contribution in [0.1, 0.15) is 42.7 Å². The summed E-state index contributed by atoms with van der Waals surface area (Å²) in [6, 6.07) is 35.9. The van der Waals surface area contributed by atoms with Crippen LogP contribution in [0.3, 0.4) is 0 Å². The number of hydrogen-bond donors (Lipinski definition) is 0. The Morgan fingerprint density at radius 3 is 2.39 bits per heavy atom. The van der Waals surface area contributed by atoms with Gasteiger partial charge < -0.3 is 4.90 Å². The van der Waals surface area contributed by atoms with Gasteiger partial charge in [-0.3, -0.25) is 0 Å². The first-order chi connectivity index (χ1) is 22.8. The number of nitrogens with zero attached hydrogens (tertiary/aromatic N) is 2. The second-order valence-corrected chi connectivity index (χ2v) is 13.5. The second kappa shape index (κ2) is 11.4. The van der Waals surface area contributed by atoms with E-state index in [2.05, 4.69) is 144 Å². The zero-order chi connectivity index (χ0) is 30.5. The van der Waals surface area contributed by atoms with E-state index in [0.717, 1.165) is 41.2 Å². The van der Waals surface area contributed by atoms with E-state index in [1.54, 1.807) is 11.3 Å². The van der Waals surface area contributed by atoms with Gasteiger partial charge >= 0.3 is 0 Å². The molecule has 3 aliphatic rings. The predicted octanol–water partition coefficient (Wildman–Crippen LogP) is 12.5. The van der Waals surface area contributed by atoms with Gasteiger partial charge in [-0.1, -0.05) is 103 Å². The van der Waals surface area contributed by atoms with Crippen molar-refractivity contribution in [1.29, 1.82) is 0 Å². The van der Waals surface area contributed by atoms with Gasteiger partial charge in [0.15, 0.2) is 0 Å². The molecule has 0 radical (unpaired) electrons. The normalized spacial score (nSPS) is 17.6. The lowest BCUT2D eigenvalue weighted by atomic mass is 9.78. The first-order valence-electron chi connectivity index (χ1n) is 16.5. The summed E-state index contributed by atoms with van der Waals surface area (Å²) in [7, 11) is 0. The molecular weight excluding hydrogens is 577 g/mol. The van der Waals surface area contributed by atoms with Gasteiger partial charge in [0, 0.05) is 33.6 Å². The van der Waals surface area contributed by atoms with E-state index < -0.39 is 0 Å². The molecule has 3 aliphatic carbocycles. The minimum Gasteiger partial charge on any atom is -0.310 e. The number of thiazole rings is 1. The van der Waals surface area contributed by atoms with Crippen LogP contribution in [-0.4, -0.2) is 4.98 Å². The summed E-state index contributed by atoms with van der Waals surface area (Å²) in [5.74, 6) is 0.554. The Morgan fingerprint density at radius 2 is 1.52 bits per heavy atom. The second-order valence-electron chi connectivity index (χ2n) is 12.5. The number of rotatable bonds is 5. The molecule has 0 saturated carbocycles. The Balaban J connectivity index is 1.17. The third-order valence-corrected chi connectivity index (χ3v) is 10.9. The maximum absolute atomic E-state index is 5.17. The van der Waals surface area contributed by atoms with E-state index in [-0.39, 0.29) is 0 Å². The highest BCUT2D eigenvalue weighted by Gasteiger charge is 2.23. The van der Waals surface area contributed by atoms with Crippen LogP contribution < -0.4 is 4.90 Å². The van der Waals surface area contributed by atoms with E-state index >= 15 is 0 Å². The SMILES string of the molecule is C1=CC2=C(c3ccc(N(c4ccccc4)c4cccc5c4ccc4c5ccc5sc(C6=CCCC=C6)nc54)cc3)CCCC2C=C1. The molecule has 46 heavy (non-hydrogen) atoms. The van der Waals surface area contributed by atoms with Gasteiger partial charge in [-0.25, -0.2) is 4.98 Å². The molecule has 1 atom stereocenters. The van der Waals surface area contributed by atoms with E-state index in [1.807, 2.05) is 0 Å². The minimum absolute atomic E-state index is 0.554. The van der Waals surface area contributed by atoms with Crippen molar-refractivity contribution in [2.75, 3.05) is 4.90 Å². The monoisotopic (exact) mass is 610 g/mol. The topological polar surface area (TPSA) is 16.1 Å². The molecule has 6 aromatic rings. The van der Waals surface area contributed by atoms with Crippen molar-refractivity contribution in [3.63, 3.8) is 0 Å². The van der Waals surface area contributed by atoms with Crippen molar-refractivity contribution < 1.29 is 0 Å². The molecule has 0 aliphatic heterocycles. The van der Waals surface area contributed by atoms with Crippen molar-refractivity contribution in [3.05, 3.63) is 156 Å². The summed E-state index contributed by atoms with van der Waals surface area (Å²) in [4.78, 5) is 7.58. The fourth-order valence-electron chi connectivity index (χ4n) is 7.57. The van der Waals surface area contributed by atoms with Crippen LogP contribution in [0.4, 0.5) is 17.1 Å². The van der Waals surface area contributed by atoms with Crippen LogP contribution in [0.15, 0.2) is 145 Å². The number of aromatic nitrogens is 1. The largest absolute Gasteiger partial charge is 0.310 e. The summed E-state index contributed by atoms with van der Waals surface area (Å²) >= 11 is 1.79. The Hall–Kier alpha value is -4.99. The fourth-order valence-corrected chi connectivity index (χ4v) is 8.57. The van der Waals surface area contributed by atoms with Gasteiger partial charge in [-0.2, -0.15) is 0 Å². The highest BCUT2D eigenvalue weighted by molar-refractivity contribution is 7.19. The molecule has 1 aromatic heterocycles. The summed E-state index contributed by atoms with van der Waals surface area (Å²) in [5.41, 5.74) is 10.2. The molecule has 9 rings (SSSR count). The maximum Gasteiger partial charge on any atom is 0.124 e. The van der Waals surface area contributed by atoms with Crippen LogP contribution in [-0.2, 0) is 0 Å². The van der Waals surface area contributed by atoms with Gasteiger partial charge in [0.25, 0.3) is 0 Å². The van der Waals surface area contributed by atoms with Crippen LogP contribution in [0.5, 0.6) is 0 Å². The highest BCUT2D eigenvalue weighted by atomic mass is 32.1. The lowest BCUT2D eigenvalue weighted by Gasteiger charge is -2.29. The third kappa shape index (κ3) is 4.66. The zero-order valence-corrected chi connectivity index (χ0v) is 26.5. The molecule has 3 heteroatoms. The molecular formula is C43H34N2S. The van der Waals surface area contributed by atoms with Crippen molar-refractivity contribution in [1.82, 2.24) is 4.98 Å². The molecule has 0 N–H and O–H groups in total. The van der Waals surface area contributed by atoms with Gasteiger partial charge in [-0.05, 0) is 96.0 Å². The van der Waals surface area contributed by atoms with Crippen LogP contribution in [0.2, 0.25) is 0 Å². The van der Waals surface area contributed by atoms with E-state index in [1.165, 1.54) is 67.1 Å². The number of benzene rings is 5. The molecule has 0 amide bonds. The highest BCUT2D eigenvalue weighted by Crippen LogP contribution is 2.44. The molecule has 1 unspecified atom stereocenters. The molecule has 222 valence electrons. The Kier molecular flexibility index (Phi) is 6.79. The average Bonchev–Trinajstić information content (AvgIpc) is 3.58. The number of para-hydroxylation sites is 1. The van der Waals surface area contributed by atoms with Crippen molar-refractivity contribution in [3.8, 4) is 0 Å². The first kappa shape index (κ1) is 27.3. The summed E-state index contributed by atoms with van der Waals surface area (Å²) in [6.07, 6.45) is 21.7. The van der Waals surface area contributed by atoms with Gasteiger partial charge in [0.1, 0.15) is 5.01 Å². The van der Waals surface area contributed by atoms with Crippen LogP contribution >= 0.6 is 11.3 Å². The molecule has 0 fully saturated rings. The quantitative estimate of drug-likeness (QED) is 0.181. The molecule has 0 spiro atoms. The first-order valence-corrected chi connectivity index (χ1v) is 17.3. The summed E-state index contributed by atoms with van der Waals surface area (Å²) in [6.45, 7) is 0. The Labute approximate surface area is 274 Å². The standard InChI is InChI=1S/C43H34N2S/c1-3-12-31(13-4-1)43-44-42-39-26-25-38-36(37(39)27-28-41(42)46-43)19-10-20-40(38)45(32-15-5-2-6-16-32)33-23-21-30(22-24-33)35-18-9-14-29-11-7-8-17-34(29)35/h2-3,5-8,10-13,15-17,19-29H,1,4,9,14,18H2. The smallest absolute Gasteiger partial charge is 0.124 e.